The van der Waals surface area contributed by atoms with Crippen LogP contribution in [-0.4, -0.2) is 19.1 Å². The molecule has 27 heavy (non-hydrogen) atoms. The van der Waals surface area contributed by atoms with Gasteiger partial charge in [-0.25, -0.2) is 8.42 Å². The van der Waals surface area contributed by atoms with Gasteiger partial charge in [0.1, 0.15) is 6.61 Å². The highest BCUT2D eigenvalue weighted by molar-refractivity contribution is 7.92. The van der Waals surface area contributed by atoms with Crippen molar-refractivity contribution in [2.45, 2.75) is 13.5 Å². The maximum atomic E-state index is 11.9. The summed E-state index contributed by atoms with van der Waals surface area (Å²) in [6.45, 7) is 1.65. The highest BCUT2D eigenvalue weighted by atomic mass is 32.2. The predicted octanol–water partition coefficient (Wildman–Crippen LogP) is 4.09. The van der Waals surface area contributed by atoms with Crippen molar-refractivity contribution in [3.63, 3.8) is 0 Å². The number of sulfonamides is 1. The molecule has 7 nitrogen and oxygen atoms in total. The Morgan fingerprint density at radius 3 is 2.48 bits per heavy atom. The molecule has 0 aliphatic rings. The van der Waals surface area contributed by atoms with Gasteiger partial charge in [-0.05, 0) is 35.4 Å². The molecule has 140 valence electrons. The van der Waals surface area contributed by atoms with Crippen molar-refractivity contribution < 1.29 is 18.1 Å². The summed E-state index contributed by atoms with van der Waals surface area (Å²) in [5.74, 6) is -0.0111. The first-order chi connectivity index (χ1) is 12.9. The van der Waals surface area contributed by atoms with Crippen LogP contribution in [0.15, 0.2) is 60.7 Å². The number of nitro benzene ring substituents is 1. The molecule has 0 spiro atoms. The molecule has 0 unspecified atom stereocenters. The zero-order chi connectivity index (χ0) is 19.4. The first kappa shape index (κ1) is 18.7. The van der Waals surface area contributed by atoms with Gasteiger partial charge in [0, 0.05) is 6.07 Å². The van der Waals surface area contributed by atoms with E-state index in [4.69, 9.17) is 4.74 Å². The van der Waals surface area contributed by atoms with Crippen LogP contribution in [0.25, 0.3) is 10.8 Å². The molecular weight excluding hydrogens is 368 g/mol. The Bertz CT molecular complexity index is 1100. The van der Waals surface area contributed by atoms with Crippen LogP contribution in [-0.2, 0) is 16.6 Å². The Balaban J connectivity index is 1.88. The van der Waals surface area contributed by atoms with Crippen molar-refractivity contribution >= 4 is 32.2 Å². The summed E-state index contributed by atoms with van der Waals surface area (Å²) in [6.07, 6.45) is 0. The van der Waals surface area contributed by atoms with Gasteiger partial charge in [-0.3, -0.25) is 14.8 Å². The van der Waals surface area contributed by atoms with Crippen molar-refractivity contribution in [2.75, 3.05) is 10.5 Å². The van der Waals surface area contributed by atoms with Crippen LogP contribution in [0.1, 0.15) is 12.5 Å². The molecule has 0 amide bonds. The molecule has 0 fully saturated rings. The molecular formula is C19H18N2O5S. The lowest BCUT2D eigenvalue weighted by molar-refractivity contribution is -0.384. The van der Waals surface area contributed by atoms with Crippen LogP contribution < -0.4 is 9.46 Å². The Hall–Kier alpha value is -3.13. The second-order valence-electron chi connectivity index (χ2n) is 5.91. The van der Waals surface area contributed by atoms with Gasteiger partial charge in [0.25, 0.3) is 5.69 Å². The third-order valence-electron chi connectivity index (χ3n) is 4.03. The van der Waals surface area contributed by atoms with E-state index >= 15 is 0 Å². The minimum absolute atomic E-state index is 0.106. The third kappa shape index (κ3) is 4.53. The lowest BCUT2D eigenvalue weighted by Gasteiger charge is -2.13. The Kier molecular flexibility index (Phi) is 5.27. The van der Waals surface area contributed by atoms with Gasteiger partial charge in [0.15, 0.2) is 5.75 Å². The fraction of sp³-hybridized carbons (Fsp3) is 0.158. The highest BCUT2D eigenvalue weighted by Gasteiger charge is 2.16. The van der Waals surface area contributed by atoms with E-state index in [9.17, 15) is 18.5 Å². The van der Waals surface area contributed by atoms with Gasteiger partial charge in [-0.1, -0.05) is 36.4 Å². The van der Waals surface area contributed by atoms with Gasteiger partial charge in [0.05, 0.1) is 22.4 Å². The second kappa shape index (κ2) is 7.63. The molecule has 0 atom stereocenters. The number of hydrogen-bond acceptors (Lipinski definition) is 5. The molecule has 1 N–H and O–H groups in total. The molecule has 0 saturated carbocycles. The topological polar surface area (TPSA) is 98.5 Å². The van der Waals surface area contributed by atoms with Crippen molar-refractivity contribution in [3.8, 4) is 5.75 Å². The van der Waals surface area contributed by atoms with E-state index in [-0.39, 0.29) is 29.5 Å². The molecule has 0 heterocycles. The normalized spacial score (nSPS) is 11.3. The molecule has 0 aliphatic heterocycles. The van der Waals surface area contributed by atoms with Crippen LogP contribution >= 0.6 is 0 Å². The number of nitrogens with zero attached hydrogens (tertiary/aromatic N) is 1. The van der Waals surface area contributed by atoms with E-state index in [0.29, 0.717) is 0 Å². The molecule has 0 aromatic heterocycles. The monoisotopic (exact) mass is 386 g/mol. The number of non-ortho nitro benzene ring substituents is 1. The van der Waals surface area contributed by atoms with E-state index in [1.807, 2.05) is 42.5 Å². The number of anilines is 1. The van der Waals surface area contributed by atoms with Gasteiger partial charge in [-0.15, -0.1) is 0 Å². The summed E-state index contributed by atoms with van der Waals surface area (Å²) >= 11 is 0. The zero-order valence-electron chi connectivity index (χ0n) is 14.6. The quantitative estimate of drug-likeness (QED) is 0.487. The Morgan fingerprint density at radius 2 is 1.78 bits per heavy atom. The first-order valence-electron chi connectivity index (χ1n) is 8.27. The Morgan fingerprint density at radius 1 is 1.04 bits per heavy atom. The van der Waals surface area contributed by atoms with Crippen molar-refractivity contribution in [3.05, 3.63) is 76.3 Å². The summed E-state index contributed by atoms with van der Waals surface area (Å²) in [5.41, 5.74) is 0.857. The molecule has 3 aromatic carbocycles. The summed E-state index contributed by atoms with van der Waals surface area (Å²) in [6, 6.07) is 17.5. The third-order valence-corrected chi connectivity index (χ3v) is 5.32. The highest BCUT2D eigenvalue weighted by Crippen LogP contribution is 2.31. The summed E-state index contributed by atoms with van der Waals surface area (Å²) in [7, 11) is -3.54. The standard InChI is InChI=1S/C19H18N2O5S/c1-2-27(24,25)20-18-10-9-17(21(22)23)12-19(18)26-13-14-7-8-15-5-3-4-6-16(15)11-14/h3-12,20H,2,13H2,1H3. The van der Waals surface area contributed by atoms with Crippen LogP contribution in [0, 0.1) is 10.1 Å². The van der Waals surface area contributed by atoms with Crippen molar-refractivity contribution in [1.29, 1.82) is 0 Å². The molecule has 0 radical (unpaired) electrons. The molecule has 0 aliphatic carbocycles. The number of hydrogen-bond donors (Lipinski definition) is 1. The summed E-state index contributed by atoms with van der Waals surface area (Å²) in [4.78, 5) is 10.5. The van der Waals surface area contributed by atoms with Crippen molar-refractivity contribution in [2.24, 2.45) is 0 Å². The molecule has 8 heteroatoms. The zero-order valence-corrected chi connectivity index (χ0v) is 15.4. The predicted molar refractivity (Wildman–Crippen MR) is 104 cm³/mol. The lowest BCUT2D eigenvalue weighted by atomic mass is 10.1. The molecule has 3 aromatic rings. The number of ether oxygens (including phenoxy) is 1. The number of nitrogens with one attached hydrogen (secondary N) is 1. The van der Waals surface area contributed by atoms with E-state index in [0.717, 1.165) is 16.3 Å². The number of rotatable bonds is 7. The molecule has 0 saturated heterocycles. The summed E-state index contributed by atoms with van der Waals surface area (Å²) in [5, 5.41) is 13.2. The van der Waals surface area contributed by atoms with Gasteiger partial charge < -0.3 is 4.74 Å². The number of benzene rings is 3. The summed E-state index contributed by atoms with van der Waals surface area (Å²) < 4.78 is 31.8. The van der Waals surface area contributed by atoms with Gasteiger partial charge >= 0.3 is 0 Å². The average molecular weight is 386 g/mol. The average Bonchev–Trinajstić information content (AvgIpc) is 2.66. The lowest BCUT2D eigenvalue weighted by Crippen LogP contribution is -2.15. The van der Waals surface area contributed by atoms with Gasteiger partial charge in [-0.2, -0.15) is 0 Å². The first-order valence-corrected chi connectivity index (χ1v) is 9.92. The van der Waals surface area contributed by atoms with Crippen molar-refractivity contribution in [1.82, 2.24) is 0 Å². The Labute approximate surface area is 156 Å². The van der Waals surface area contributed by atoms with E-state index in [2.05, 4.69) is 4.72 Å². The fourth-order valence-electron chi connectivity index (χ4n) is 2.56. The van der Waals surface area contributed by atoms with E-state index in [1.54, 1.807) is 0 Å². The SMILES string of the molecule is CCS(=O)(=O)Nc1ccc([N+](=O)[O-])cc1OCc1ccc2ccccc2c1. The van der Waals surface area contributed by atoms with E-state index in [1.165, 1.54) is 25.1 Å². The van der Waals surface area contributed by atoms with E-state index < -0.39 is 14.9 Å². The molecule has 3 rings (SSSR count). The number of nitro groups is 1. The number of fused-ring (bicyclic) bond motifs is 1. The maximum Gasteiger partial charge on any atom is 0.273 e. The largest absolute Gasteiger partial charge is 0.486 e. The van der Waals surface area contributed by atoms with Crippen LogP contribution in [0.4, 0.5) is 11.4 Å². The smallest absolute Gasteiger partial charge is 0.273 e. The van der Waals surface area contributed by atoms with Gasteiger partial charge in [0.2, 0.25) is 10.0 Å². The minimum atomic E-state index is -3.54. The molecule has 0 bridgehead atoms. The minimum Gasteiger partial charge on any atom is -0.486 e. The fourth-order valence-corrected chi connectivity index (χ4v) is 3.21. The van der Waals surface area contributed by atoms with Crippen LogP contribution in [0.2, 0.25) is 0 Å². The van der Waals surface area contributed by atoms with Crippen LogP contribution in [0.3, 0.4) is 0 Å². The second-order valence-corrected chi connectivity index (χ2v) is 7.92. The van der Waals surface area contributed by atoms with Crippen LogP contribution in [0.5, 0.6) is 5.75 Å². The maximum absolute atomic E-state index is 11.9.